The third kappa shape index (κ3) is 4.52. The van der Waals surface area contributed by atoms with Gasteiger partial charge >= 0.3 is 0 Å². The minimum Gasteiger partial charge on any atom is -0.316 e. The van der Waals surface area contributed by atoms with Crippen molar-refractivity contribution in [3.63, 3.8) is 0 Å². The van der Waals surface area contributed by atoms with Gasteiger partial charge in [-0.15, -0.1) is 0 Å². The third-order valence-electron chi connectivity index (χ3n) is 3.89. The Labute approximate surface area is 95.2 Å². The van der Waals surface area contributed by atoms with Crippen LogP contribution in [0.5, 0.6) is 0 Å². The molecule has 2 aliphatic heterocycles. The van der Waals surface area contributed by atoms with Crippen molar-refractivity contribution in [2.24, 2.45) is 10.8 Å². The molecule has 2 fully saturated rings. The monoisotopic (exact) mass is 212 g/mol. The van der Waals surface area contributed by atoms with Crippen LogP contribution in [0.2, 0.25) is 0 Å². The van der Waals surface area contributed by atoms with Gasteiger partial charge in [-0.25, -0.2) is 0 Å². The molecule has 1 unspecified atom stereocenters. The van der Waals surface area contributed by atoms with Gasteiger partial charge in [0.05, 0.1) is 0 Å². The van der Waals surface area contributed by atoms with Gasteiger partial charge in [0.1, 0.15) is 0 Å². The summed E-state index contributed by atoms with van der Waals surface area (Å²) in [4.78, 5) is 0. The van der Waals surface area contributed by atoms with Gasteiger partial charge in [-0.05, 0) is 43.2 Å². The highest BCUT2D eigenvalue weighted by molar-refractivity contribution is 4.81. The first-order valence-electron chi connectivity index (χ1n) is 6.39. The van der Waals surface area contributed by atoms with Crippen molar-refractivity contribution in [1.82, 2.24) is 10.6 Å². The lowest BCUT2D eigenvalue weighted by atomic mass is 9.87. The molecule has 2 nitrogen and oxygen atoms in total. The van der Waals surface area contributed by atoms with Crippen molar-refractivity contribution < 1.29 is 0 Å². The lowest BCUT2D eigenvalue weighted by molar-refractivity contribution is 0.351. The Hall–Kier alpha value is -0.0800. The van der Waals surface area contributed by atoms with Crippen LogP contribution in [-0.4, -0.2) is 26.2 Å². The van der Waals surface area contributed by atoms with E-state index < -0.39 is 0 Å². The van der Waals surface area contributed by atoms with Gasteiger partial charge in [0.15, 0.2) is 0 Å². The summed E-state index contributed by atoms with van der Waals surface area (Å²) >= 11 is 0. The fourth-order valence-electron chi connectivity index (χ4n) is 2.11. The van der Waals surface area contributed by atoms with Gasteiger partial charge in [-0.3, -0.25) is 0 Å². The van der Waals surface area contributed by atoms with Gasteiger partial charge in [0.25, 0.3) is 0 Å². The molecule has 0 aliphatic carbocycles. The zero-order chi connectivity index (χ0) is 11.4. The van der Waals surface area contributed by atoms with Gasteiger partial charge in [0, 0.05) is 13.1 Å². The SMILES string of the molecule is CC1(C)CCNC1.CCC1(C)CCNC1. The predicted octanol–water partition coefficient (Wildman–Crippen LogP) is 2.40. The smallest absolute Gasteiger partial charge is 0.000554 e. The molecule has 0 bridgehead atoms. The molecule has 2 heterocycles. The molecule has 0 aromatic carbocycles. The van der Waals surface area contributed by atoms with Crippen molar-refractivity contribution in [3.8, 4) is 0 Å². The Morgan fingerprint density at radius 2 is 1.53 bits per heavy atom. The topological polar surface area (TPSA) is 24.1 Å². The highest BCUT2D eigenvalue weighted by atomic mass is 14.9. The van der Waals surface area contributed by atoms with Crippen LogP contribution in [0.15, 0.2) is 0 Å². The van der Waals surface area contributed by atoms with Gasteiger partial charge in [-0.1, -0.05) is 27.7 Å². The second-order valence-corrected chi connectivity index (χ2v) is 6.18. The van der Waals surface area contributed by atoms with Crippen LogP contribution in [0.25, 0.3) is 0 Å². The fourth-order valence-corrected chi connectivity index (χ4v) is 2.11. The maximum Gasteiger partial charge on any atom is 0.000554 e. The van der Waals surface area contributed by atoms with Crippen LogP contribution in [0.1, 0.15) is 47.0 Å². The molecule has 2 heteroatoms. The molecule has 2 rings (SSSR count). The van der Waals surface area contributed by atoms with Crippen LogP contribution >= 0.6 is 0 Å². The summed E-state index contributed by atoms with van der Waals surface area (Å²) in [5, 5.41) is 6.68. The van der Waals surface area contributed by atoms with Crippen molar-refractivity contribution in [3.05, 3.63) is 0 Å². The Balaban J connectivity index is 0.000000151. The molecule has 15 heavy (non-hydrogen) atoms. The summed E-state index contributed by atoms with van der Waals surface area (Å²) in [6.07, 6.45) is 4.02. The van der Waals surface area contributed by atoms with Gasteiger partial charge in [-0.2, -0.15) is 0 Å². The first-order valence-corrected chi connectivity index (χ1v) is 6.39. The van der Waals surface area contributed by atoms with Gasteiger partial charge in [0.2, 0.25) is 0 Å². The summed E-state index contributed by atoms with van der Waals surface area (Å²) in [5.74, 6) is 0. The highest BCUT2D eigenvalue weighted by Crippen LogP contribution is 2.27. The summed E-state index contributed by atoms with van der Waals surface area (Å²) in [6.45, 7) is 14.1. The number of hydrogen-bond acceptors (Lipinski definition) is 2. The summed E-state index contributed by atoms with van der Waals surface area (Å²) in [7, 11) is 0. The first kappa shape index (κ1) is 13.0. The molecule has 2 aliphatic rings. The Kier molecular flexibility index (Phi) is 4.60. The van der Waals surface area contributed by atoms with Crippen molar-refractivity contribution >= 4 is 0 Å². The normalized spacial score (nSPS) is 33.6. The van der Waals surface area contributed by atoms with E-state index in [2.05, 4.69) is 38.3 Å². The largest absolute Gasteiger partial charge is 0.316 e. The molecule has 0 amide bonds. The van der Waals surface area contributed by atoms with Crippen molar-refractivity contribution in [2.75, 3.05) is 26.2 Å². The Morgan fingerprint density at radius 1 is 0.933 bits per heavy atom. The standard InChI is InChI=1S/C7H15N.C6H13N/c1-3-7(2)4-5-8-6-7;1-6(2)3-4-7-5-6/h8H,3-6H2,1-2H3;7H,3-5H2,1-2H3. The summed E-state index contributed by atoms with van der Waals surface area (Å²) in [6, 6.07) is 0. The van der Waals surface area contributed by atoms with Crippen LogP contribution in [0.3, 0.4) is 0 Å². The van der Waals surface area contributed by atoms with Crippen LogP contribution < -0.4 is 10.6 Å². The molecule has 0 spiro atoms. The van der Waals surface area contributed by atoms with Gasteiger partial charge < -0.3 is 10.6 Å². The average molecular weight is 212 g/mol. The zero-order valence-corrected chi connectivity index (χ0v) is 10.9. The third-order valence-corrected chi connectivity index (χ3v) is 3.89. The lowest BCUT2D eigenvalue weighted by Gasteiger charge is -2.18. The van der Waals surface area contributed by atoms with E-state index in [1.165, 1.54) is 45.4 Å². The first-order chi connectivity index (χ1) is 6.97. The van der Waals surface area contributed by atoms with Crippen LogP contribution in [0.4, 0.5) is 0 Å². The van der Waals surface area contributed by atoms with Crippen molar-refractivity contribution in [1.29, 1.82) is 0 Å². The Bertz CT molecular complexity index is 173. The van der Waals surface area contributed by atoms with E-state index in [1.807, 2.05) is 0 Å². The van der Waals surface area contributed by atoms with E-state index in [9.17, 15) is 0 Å². The van der Waals surface area contributed by atoms with E-state index in [1.54, 1.807) is 0 Å². The molecule has 0 saturated carbocycles. The zero-order valence-electron chi connectivity index (χ0n) is 10.9. The number of nitrogens with one attached hydrogen (secondary N) is 2. The highest BCUT2D eigenvalue weighted by Gasteiger charge is 2.25. The minimum absolute atomic E-state index is 0.583. The van der Waals surface area contributed by atoms with Crippen LogP contribution in [-0.2, 0) is 0 Å². The fraction of sp³-hybridized carbons (Fsp3) is 1.00. The van der Waals surface area contributed by atoms with E-state index in [-0.39, 0.29) is 0 Å². The maximum absolute atomic E-state index is 3.36. The molecule has 0 aromatic heterocycles. The second-order valence-electron chi connectivity index (χ2n) is 6.18. The second kappa shape index (κ2) is 5.31. The summed E-state index contributed by atoms with van der Waals surface area (Å²) in [5.41, 5.74) is 1.21. The van der Waals surface area contributed by atoms with Crippen molar-refractivity contribution in [2.45, 2.75) is 47.0 Å². The van der Waals surface area contributed by atoms with E-state index >= 15 is 0 Å². The molecule has 2 saturated heterocycles. The van der Waals surface area contributed by atoms with E-state index in [0.29, 0.717) is 10.8 Å². The predicted molar refractivity (Wildman–Crippen MR) is 67.2 cm³/mol. The maximum atomic E-state index is 3.36. The van der Waals surface area contributed by atoms with E-state index in [4.69, 9.17) is 0 Å². The number of rotatable bonds is 1. The number of hydrogen-bond donors (Lipinski definition) is 2. The van der Waals surface area contributed by atoms with Crippen LogP contribution in [0, 0.1) is 10.8 Å². The lowest BCUT2D eigenvalue weighted by Crippen LogP contribution is -2.18. The Morgan fingerprint density at radius 3 is 1.73 bits per heavy atom. The quantitative estimate of drug-likeness (QED) is 0.697. The molecule has 0 aromatic rings. The molecule has 90 valence electrons. The molecular weight excluding hydrogens is 184 g/mol. The molecule has 2 N–H and O–H groups in total. The molecule has 1 atom stereocenters. The van der Waals surface area contributed by atoms with E-state index in [0.717, 1.165) is 0 Å². The molecular formula is C13H28N2. The minimum atomic E-state index is 0.583. The molecule has 0 radical (unpaired) electrons. The average Bonchev–Trinajstić information content (AvgIpc) is 2.77. The summed E-state index contributed by atoms with van der Waals surface area (Å²) < 4.78 is 0.